The molecule has 0 bridgehead atoms. The Bertz CT molecular complexity index is 794. The number of benzene rings is 2. The molecule has 150 valence electrons. The molecular formula is C24H27F3O. The minimum absolute atomic E-state index is 0.0744. The van der Waals surface area contributed by atoms with Crippen molar-refractivity contribution in [3.63, 3.8) is 0 Å². The third-order valence-electron chi connectivity index (χ3n) is 6.64. The molecule has 0 spiro atoms. The molecule has 4 unspecified atom stereocenters. The van der Waals surface area contributed by atoms with Crippen LogP contribution in [0.2, 0.25) is 0 Å². The molecule has 0 N–H and O–H groups in total. The zero-order valence-electron chi connectivity index (χ0n) is 16.3. The van der Waals surface area contributed by atoms with Gasteiger partial charge in [-0.25, -0.2) is 13.2 Å². The van der Waals surface area contributed by atoms with Crippen LogP contribution < -0.4 is 0 Å². The van der Waals surface area contributed by atoms with E-state index in [1.165, 1.54) is 36.4 Å². The second-order valence-corrected chi connectivity index (χ2v) is 8.29. The van der Waals surface area contributed by atoms with Crippen molar-refractivity contribution in [2.24, 2.45) is 11.8 Å². The summed E-state index contributed by atoms with van der Waals surface area (Å²) in [4.78, 5) is 0. The molecule has 1 nitrogen and oxygen atoms in total. The first-order valence-electron chi connectivity index (χ1n) is 10.4. The summed E-state index contributed by atoms with van der Waals surface area (Å²) in [6.07, 6.45) is 6.80. The molecule has 2 aliphatic rings. The zero-order chi connectivity index (χ0) is 19.7. The Morgan fingerprint density at radius 2 is 1.50 bits per heavy atom. The first-order valence-corrected chi connectivity index (χ1v) is 10.4. The van der Waals surface area contributed by atoms with Gasteiger partial charge >= 0.3 is 0 Å². The van der Waals surface area contributed by atoms with Crippen LogP contribution in [0.5, 0.6) is 0 Å². The first kappa shape index (κ1) is 19.5. The minimum atomic E-state index is -0.566. The number of rotatable bonds is 4. The standard InChI is InChI=1S/C24H27F3O/c1-2-28-21-10-7-16-11-17(3-4-18(16)12-21)19-13-22(26)24(23(27)14-19)15-5-8-20(25)9-6-15/h5-6,8-9,13-14,16-18,21H,2-4,7,10-12H2,1H3. The maximum atomic E-state index is 14.8. The molecule has 0 amide bonds. The monoisotopic (exact) mass is 388 g/mol. The minimum Gasteiger partial charge on any atom is -0.378 e. The van der Waals surface area contributed by atoms with E-state index in [-0.39, 0.29) is 11.5 Å². The highest BCUT2D eigenvalue weighted by atomic mass is 19.1. The van der Waals surface area contributed by atoms with E-state index in [2.05, 4.69) is 0 Å². The summed E-state index contributed by atoms with van der Waals surface area (Å²) in [5.41, 5.74) is 1.04. The van der Waals surface area contributed by atoms with Gasteiger partial charge in [0.15, 0.2) is 0 Å². The fourth-order valence-corrected chi connectivity index (χ4v) is 5.26. The third-order valence-corrected chi connectivity index (χ3v) is 6.64. The van der Waals surface area contributed by atoms with Crippen LogP contribution in [0.4, 0.5) is 13.2 Å². The molecule has 0 aliphatic heterocycles. The molecule has 2 fully saturated rings. The molecule has 2 saturated carbocycles. The topological polar surface area (TPSA) is 9.23 Å². The van der Waals surface area contributed by atoms with Crippen LogP contribution in [0, 0.1) is 29.3 Å². The Morgan fingerprint density at radius 3 is 2.18 bits per heavy atom. The highest BCUT2D eigenvalue weighted by Gasteiger charge is 2.36. The summed E-state index contributed by atoms with van der Waals surface area (Å²) in [6.45, 7) is 2.81. The van der Waals surface area contributed by atoms with Crippen LogP contribution in [-0.2, 0) is 4.74 Å². The summed E-state index contributed by atoms with van der Waals surface area (Å²) in [5, 5.41) is 0. The average molecular weight is 388 g/mol. The number of fused-ring (bicyclic) bond motifs is 1. The molecule has 2 aromatic carbocycles. The maximum absolute atomic E-state index is 14.8. The highest BCUT2D eigenvalue weighted by molar-refractivity contribution is 5.65. The number of hydrogen-bond donors (Lipinski definition) is 0. The Morgan fingerprint density at radius 1 is 0.857 bits per heavy atom. The Labute approximate surface area is 164 Å². The van der Waals surface area contributed by atoms with Gasteiger partial charge in [0.1, 0.15) is 17.5 Å². The van der Waals surface area contributed by atoms with Crippen molar-refractivity contribution < 1.29 is 17.9 Å². The predicted octanol–water partition coefficient (Wildman–Crippen LogP) is 6.86. The molecule has 2 aromatic rings. The van der Waals surface area contributed by atoms with Crippen molar-refractivity contribution in [1.82, 2.24) is 0 Å². The SMILES string of the molecule is CCOC1CCC2CC(c3cc(F)c(-c4ccc(F)cc4)c(F)c3)CCC2C1. The van der Waals surface area contributed by atoms with E-state index in [4.69, 9.17) is 4.74 Å². The average Bonchev–Trinajstić information content (AvgIpc) is 2.68. The molecule has 2 aliphatic carbocycles. The van der Waals surface area contributed by atoms with E-state index in [9.17, 15) is 13.2 Å². The summed E-state index contributed by atoms with van der Waals surface area (Å²) in [7, 11) is 0. The summed E-state index contributed by atoms with van der Waals surface area (Å²) < 4.78 is 48.5. The van der Waals surface area contributed by atoms with Gasteiger partial charge in [-0.2, -0.15) is 0 Å². The van der Waals surface area contributed by atoms with E-state index in [1.54, 1.807) is 0 Å². The molecule has 28 heavy (non-hydrogen) atoms. The van der Waals surface area contributed by atoms with Gasteiger partial charge in [0, 0.05) is 6.61 Å². The lowest BCUT2D eigenvalue weighted by molar-refractivity contribution is -0.00957. The summed E-state index contributed by atoms with van der Waals surface area (Å²) in [5.74, 6) is -0.0474. The second kappa shape index (κ2) is 8.28. The van der Waals surface area contributed by atoms with Crippen molar-refractivity contribution in [3.05, 3.63) is 59.4 Å². The van der Waals surface area contributed by atoms with Crippen LogP contribution >= 0.6 is 0 Å². The van der Waals surface area contributed by atoms with Crippen LogP contribution in [0.25, 0.3) is 11.1 Å². The van der Waals surface area contributed by atoms with Gasteiger partial charge in [-0.05, 0) is 98.6 Å². The molecule has 0 aromatic heterocycles. The van der Waals surface area contributed by atoms with Crippen molar-refractivity contribution in [2.75, 3.05) is 6.61 Å². The van der Waals surface area contributed by atoms with Crippen molar-refractivity contribution >= 4 is 0 Å². The lowest BCUT2D eigenvalue weighted by atomic mass is 9.65. The normalized spacial score (nSPS) is 27.4. The van der Waals surface area contributed by atoms with Crippen LogP contribution in [0.15, 0.2) is 36.4 Å². The van der Waals surface area contributed by atoms with Gasteiger partial charge < -0.3 is 4.74 Å². The van der Waals surface area contributed by atoms with Gasteiger partial charge in [-0.1, -0.05) is 12.1 Å². The van der Waals surface area contributed by atoms with Crippen molar-refractivity contribution in [2.45, 2.75) is 57.5 Å². The zero-order valence-corrected chi connectivity index (χ0v) is 16.3. The van der Waals surface area contributed by atoms with E-state index in [0.717, 1.165) is 50.7 Å². The number of halogens is 3. The molecule has 4 atom stereocenters. The summed E-state index contributed by atoms with van der Waals surface area (Å²) in [6, 6.07) is 8.25. The second-order valence-electron chi connectivity index (χ2n) is 8.29. The van der Waals surface area contributed by atoms with Crippen LogP contribution in [0.1, 0.15) is 56.9 Å². The fourth-order valence-electron chi connectivity index (χ4n) is 5.26. The predicted molar refractivity (Wildman–Crippen MR) is 105 cm³/mol. The van der Waals surface area contributed by atoms with Crippen LogP contribution in [0.3, 0.4) is 0 Å². The number of hydrogen-bond acceptors (Lipinski definition) is 1. The lowest BCUT2D eigenvalue weighted by Gasteiger charge is -2.42. The fraction of sp³-hybridized carbons (Fsp3) is 0.500. The molecule has 0 saturated heterocycles. The molecule has 0 radical (unpaired) electrons. The van der Waals surface area contributed by atoms with Gasteiger partial charge in [-0.15, -0.1) is 0 Å². The summed E-state index contributed by atoms with van der Waals surface area (Å²) >= 11 is 0. The quantitative estimate of drug-likeness (QED) is 0.556. The molecular weight excluding hydrogens is 361 g/mol. The maximum Gasteiger partial charge on any atom is 0.134 e. The Balaban J connectivity index is 1.51. The van der Waals surface area contributed by atoms with E-state index in [1.807, 2.05) is 6.92 Å². The van der Waals surface area contributed by atoms with Crippen molar-refractivity contribution in [1.29, 1.82) is 0 Å². The van der Waals surface area contributed by atoms with Crippen molar-refractivity contribution in [3.8, 4) is 11.1 Å². The van der Waals surface area contributed by atoms with Gasteiger partial charge in [0.25, 0.3) is 0 Å². The van der Waals surface area contributed by atoms with E-state index < -0.39 is 17.5 Å². The molecule has 0 heterocycles. The smallest absolute Gasteiger partial charge is 0.134 e. The van der Waals surface area contributed by atoms with Gasteiger partial charge in [0.2, 0.25) is 0 Å². The van der Waals surface area contributed by atoms with E-state index >= 15 is 0 Å². The molecule has 4 heteroatoms. The molecule has 4 rings (SSSR count). The first-order chi connectivity index (χ1) is 13.5. The number of ether oxygens (including phenoxy) is 1. The largest absolute Gasteiger partial charge is 0.378 e. The lowest BCUT2D eigenvalue weighted by Crippen LogP contribution is -2.33. The third kappa shape index (κ3) is 3.98. The Kier molecular flexibility index (Phi) is 5.77. The highest BCUT2D eigenvalue weighted by Crippen LogP contribution is 2.47. The van der Waals surface area contributed by atoms with Crippen LogP contribution in [-0.4, -0.2) is 12.7 Å². The van der Waals surface area contributed by atoms with Gasteiger partial charge in [-0.3, -0.25) is 0 Å². The Hall–Kier alpha value is -1.81. The van der Waals surface area contributed by atoms with E-state index in [0.29, 0.717) is 23.5 Å². The van der Waals surface area contributed by atoms with Gasteiger partial charge in [0.05, 0.1) is 11.7 Å².